The second-order valence-corrected chi connectivity index (χ2v) is 5.07. The normalized spacial score (nSPS) is 24.9. The molecule has 0 aromatic carbocycles. The molecule has 104 valence electrons. The summed E-state index contributed by atoms with van der Waals surface area (Å²) in [7, 11) is 0. The van der Waals surface area contributed by atoms with Crippen LogP contribution in [0.15, 0.2) is 0 Å². The van der Waals surface area contributed by atoms with Gasteiger partial charge in [-0.2, -0.15) is 0 Å². The average molecular weight is 274 g/mol. The van der Waals surface area contributed by atoms with Gasteiger partial charge in [0.2, 0.25) is 0 Å². The highest BCUT2D eigenvalue weighted by atomic mass is 35.5. The molecule has 5 nitrogen and oxygen atoms in total. The Labute approximate surface area is 115 Å². The minimum absolute atomic E-state index is 0. The Morgan fingerprint density at radius 3 is 2.72 bits per heavy atom. The van der Waals surface area contributed by atoms with E-state index in [1.165, 1.54) is 0 Å². The van der Waals surface area contributed by atoms with Gasteiger partial charge in [-0.1, -0.05) is 6.92 Å². The summed E-state index contributed by atoms with van der Waals surface area (Å²) in [6.45, 7) is 10.3. The fourth-order valence-electron chi connectivity index (χ4n) is 2.55. The van der Waals surface area contributed by atoms with Crippen LogP contribution in [-0.4, -0.2) is 38.8 Å². The molecular formula is C12H24ClN5. The maximum absolute atomic E-state index is 6.03. The monoisotopic (exact) mass is 273 g/mol. The van der Waals surface area contributed by atoms with Crippen molar-refractivity contribution in [3.05, 3.63) is 11.6 Å². The Morgan fingerprint density at radius 1 is 1.39 bits per heavy atom. The number of hydrogen-bond acceptors (Lipinski definition) is 4. The van der Waals surface area contributed by atoms with Crippen molar-refractivity contribution >= 4 is 12.4 Å². The molecule has 1 aromatic rings. The van der Waals surface area contributed by atoms with Crippen molar-refractivity contribution in [1.29, 1.82) is 0 Å². The van der Waals surface area contributed by atoms with E-state index in [4.69, 9.17) is 5.73 Å². The van der Waals surface area contributed by atoms with Crippen LogP contribution in [0.1, 0.15) is 31.9 Å². The molecule has 18 heavy (non-hydrogen) atoms. The maximum atomic E-state index is 6.03. The lowest BCUT2D eigenvalue weighted by atomic mass is 9.95. The highest BCUT2D eigenvalue weighted by molar-refractivity contribution is 5.85. The third-order valence-corrected chi connectivity index (χ3v) is 3.75. The van der Waals surface area contributed by atoms with Crippen LogP contribution in [0.2, 0.25) is 0 Å². The van der Waals surface area contributed by atoms with Gasteiger partial charge in [0.1, 0.15) is 11.6 Å². The summed E-state index contributed by atoms with van der Waals surface area (Å²) in [5, 5.41) is 8.41. The van der Waals surface area contributed by atoms with E-state index in [0.717, 1.165) is 44.2 Å². The lowest BCUT2D eigenvalue weighted by molar-refractivity contribution is 0.153. The zero-order valence-electron chi connectivity index (χ0n) is 11.5. The Hall–Kier alpha value is -0.650. The molecular weight excluding hydrogens is 250 g/mol. The molecule has 1 fully saturated rings. The molecule has 2 N–H and O–H groups in total. The van der Waals surface area contributed by atoms with Crippen molar-refractivity contribution < 1.29 is 0 Å². The highest BCUT2D eigenvalue weighted by Crippen LogP contribution is 2.17. The molecule has 0 spiro atoms. The van der Waals surface area contributed by atoms with Gasteiger partial charge in [-0.15, -0.1) is 22.6 Å². The average Bonchev–Trinajstić information content (AvgIpc) is 2.64. The predicted molar refractivity (Wildman–Crippen MR) is 74.7 cm³/mol. The van der Waals surface area contributed by atoms with Crippen molar-refractivity contribution in [2.45, 2.75) is 46.3 Å². The zero-order valence-corrected chi connectivity index (χ0v) is 12.3. The molecule has 0 radical (unpaired) electrons. The second kappa shape index (κ2) is 6.50. The van der Waals surface area contributed by atoms with E-state index in [0.29, 0.717) is 12.0 Å². The molecule has 2 rings (SSSR count). The van der Waals surface area contributed by atoms with Gasteiger partial charge in [-0.25, -0.2) is 0 Å². The molecule has 6 heteroatoms. The first-order valence-corrected chi connectivity index (χ1v) is 6.48. The third-order valence-electron chi connectivity index (χ3n) is 3.75. The van der Waals surface area contributed by atoms with Crippen LogP contribution >= 0.6 is 12.4 Å². The van der Waals surface area contributed by atoms with Crippen LogP contribution in [-0.2, 0) is 13.1 Å². The SMILES string of the molecule is CCn1c(C)nnc1CN1CCC(N)C(C)C1.Cl. The summed E-state index contributed by atoms with van der Waals surface area (Å²) in [6, 6.07) is 0.358. The third kappa shape index (κ3) is 3.22. The summed E-state index contributed by atoms with van der Waals surface area (Å²) < 4.78 is 2.18. The predicted octanol–water partition coefficient (Wildman–Crippen LogP) is 1.20. The molecule has 2 heterocycles. The van der Waals surface area contributed by atoms with E-state index >= 15 is 0 Å². The first kappa shape index (κ1) is 15.4. The number of nitrogens with two attached hydrogens (primary N) is 1. The van der Waals surface area contributed by atoms with Crippen molar-refractivity contribution in [3.63, 3.8) is 0 Å². The van der Waals surface area contributed by atoms with Crippen LogP contribution in [0.5, 0.6) is 0 Å². The Balaban J connectivity index is 0.00000162. The highest BCUT2D eigenvalue weighted by Gasteiger charge is 2.24. The number of likely N-dealkylation sites (tertiary alicyclic amines) is 1. The van der Waals surface area contributed by atoms with Crippen molar-refractivity contribution in [1.82, 2.24) is 19.7 Å². The number of aryl methyl sites for hydroxylation is 1. The molecule has 1 saturated heterocycles. The molecule has 0 saturated carbocycles. The maximum Gasteiger partial charge on any atom is 0.147 e. The number of hydrogen-bond donors (Lipinski definition) is 1. The van der Waals surface area contributed by atoms with Crippen LogP contribution in [0.3, 0.4) is 0 Å². The van der Waals surface area contributed by atoms with E-state index < -0.39 is 0 Å². The lowest BCUT2D eigenvalue weighted by Crippen LogP contribution is -2.45. The Morgan fingerprint density at radius 2 is 2.11 bits per heavy atom. The number of aromatic nitrogens is 3. The molecule has 1 aliphatic heterocycles. The van der Waals surface area contributed by atoms with Gasteiger partial charge in [-0.05, 0) is 26.2 Å². The number of piperidine rings is 1. The molecule has 1 aromatic heterocycles. The van der Waals surface area contributed by atoms with Gasteiger partial charge in [0.25, 0.3) is 0 Å². The van der Waals surface area contributed by atoms with E-state index in [1.54, 1.807) is 0 Å². The summed E-state index contributed by atoms with van der Waals surface area (Å²) in [5.74, 6) is 2.65. The van der Waals surface area contributed by atoms with Gasteiger partial charge >= 0.3 is 0 Å². The van der Waals surface area contributed by atoms with Gasteiger partial charge in [0.05, 0.1) is 6.54 Å². The zero-order chi connectivity index (χ0) is 12.4. The first-order valence-electron chi connectivity index (χ1n) is 6.48. The summed E-state index contributed by atoms with van der Waals surface area (Å²) in [4.78, 5) is 2.43. The van der Waals surface area contributed by atoms with Crippen molar-refractivity contribution in [2.75, 3.05) is 13.1 Å². The fraction of sp³-hybridized carbons (Fsp3) is 0.833. The quantitative estimate of drug-likeness (QED) is 0.899. The Kier molecular flexibility index (Phi) is 5.56. The molecule has 0 amide bonds. The minimum atomic E-state index is 0. The van der Waals surface area contributed by atoms with Gasteiger partial charge in [0, 0.05) is 25.7 Å². The summed E-state index contributed by atoms with van der Waals surface area (Å²) in [6.07, 6.45) is 1.08. The van der Waals surface area contributed by atoms with Crippen LogP contribution < -0.4 is 5.73 Å². The largest absolute Gasteiger partial charge is 0.327 e. The molecule has 2 unspecified atom stereocenters. The molecule has 0 aliphatic carbocycles. The van der Waals surface area contributed by atoms with E-state index in [-0.39, 0.29) is 12.4 Å². The molecule has 1 aliphatic rings. The van der Waals surface area contributed by atoms with Gasteiger partial charge in [0.15, 0.2) is 0 Å². The van der Waals surface area contributed by atoms with Gasteiger partial charge in [-0.3, -0.25) is 4.90 Å². The smallest absolute Gasteiger partial charge is 0.147 e. The minimum Gasteiger partial charge on any atom is -0.327 e. The van der Waals surface area contributed by atoms with Crippen LogP contribution in [0, 0.1) is 12.8 Å². The van der Waals surface area contributed by atoms with Crippen LogP contribution in [0.4, 0.5) is 0 Å². The van der Waals surface area contributed by atoms with Crippen molar-refractivity contribution in [2.24, 2.45) is 11.7 Å². The number of halogens is 1. The molecule has 0 bridgehead atoms. The standard InChI is InChI=1S/C12H23N5.ClH/c1-4-17-10(3)14-15-12(17)8-16-6-5-11(13)9(2)7-16;/h9,11H,4-8,13H2,1-3H3;1H. The fourth-order valence-corrected chi connectivity index (χ4v) is 2.55. The van der Waals surface area contributed by atoms with Crippen LogP contribution in [0.25, 0.3) is 0 Å². The van der Waals surface area contributed by atoms with Gasteiger partial charge < -0.3 is 10.3 Å². The number of rotatable bonds is 3. The topological polar surface area (TPSA) is 60.0 Å². The summed E-state index contributed by atoms with van der Waals surface area (Å²) in [5.41, 5.74) is 6.03. The van der Waals surface area contributed by atoms with Crippen molar-refractivity contribution in [3.8, 4) is 0 Å². The Bertz CT molecular complexity index is 379. The second-order valence-electron chi connectivity index (χ2n) is 5.07. The van der Waals surface area contributed by atoms with E-state index in [2.05, 4.69) is 33.5 Å². The van der Waals surface area contributed by atoms with E-state index in [1.807, 2.05) is 6.92 Å². The first-order chi connectivity index (χ1) is 8.11. The van der Waals surface area contributed by atoms with E-state index in [9.17, 15) is 0 Å². The summed E-state index contributed by atoms with van der Waals surface area (Å²) >= 11 is 0. The lowest BCUT2D eigenvalue weighted by Gasteiger charge is -2.34. The number of nitrogens with zero attached hydrogens (tertiary/aromatic N) is 4. The molecule has 2 atom stereocenters.